The van der Waals surface area contributed by atoms with E-state index < -0.39 is 5.97 Å². The molecule has 0 saturated heterocycles. The molecule has 1 aromatic rings. The molecule has 0 amide bonds. The topological polar surface area (TPSA) is 77.2 Å². The van der Waals surface area contributed by atoms with E-state index in [4.69, 9.17) is 10.2 Å². The molecule has 0 aliphatic heterocycles. The van der Waals surface area contributed by atoms with Gasteiger partial charge in [0.2, 0.25) is 0 Å². The summed E-state index contributed by atoms with van der Waals surface area (Å²) in [5.41, 5.74) is 0. The third kappa shape index (κ3) is 2.87. The number of imidazole rings is 1. The summed E-state index contributed by atoms with van der Waals surface area (Å²) in [6.07, 6.45) is 4.08. The van der Waals surface area contributed by atoms with Crippen LogP contribution in [0.2, 0.25) is 0 Å². The highest BCUT2D eigenvalue weighted by Crippen LogP contribution is 1.93. The van der Waals surface area contributed by atoms with Gasteiger partial charge in [0.15, 0.2) is 0 Å². The van der Waals surface area contributed by atoms with Crippen molar-refractivity contribution in [2.75, 3.05) is 6.61 Å². The van der Waals surface area contributed by atoms with E-state index in [9.17, 15) is 4.79 Å². The van der Waals surface area contributed by atoms with E-state index in [-0.39, 0.29) is 13.0 Å². The average molecular weight is 185 g/mol. The summed E-state index contributed by atoms with van der Waals surface area (Å²) in [7, 11) is 0. The van der Waals surface area contributed by atoms with Crippen molar-refractivity contribution >= 4 is 5.97 Å². The van der Waals surface area contributed by atoms with Crippen molar-refractivity contribution in [1.29, 1.82) is 0 Å². The van der Waals surface area contributed by atoms with Crippen LogP contribution in [0, 0.1) is 0 Å². The van der Waals surface area contributed by atoms with Gasteiger partial charge in [-0.05, 0) is 0 Å². The Hall–Kier alpha value is -1.36. The van der Waals surface area contributed by atoms with Crippen LogP contribution >= 0.6 is 0 Å². The first-order valence-corrected chi connectivity index (χ1v) is 4.12. The number of rotatable bonds is 5. The second-order valence-electron chi connectivity index (χ2n) is 2.72. The van der Waals surface area contributed by atoms with Crippen molar-refractivity contribution in [3.05, 3.63) is 18.2 Å². The van der Waals surface area contributed by atoms with Crippen molar-refractivity contribution in [3.8, 4) is 0 Å². The van der Waals surface area contributed by atoms with Crippen molar-refractivity contribution in [2.24, 2.45) is 0 Å². The maximum Gasteiger partial charge on any atom is 0.303 e. The van der Waals surface area contributed by atoms with Gasteiger partial charge < -0.3 is 10.2 Å². The second-order valence-corrected chi connectivity index (χ2v) is 2.72. The summed E-state index contributed by atoms with van der Waals surface area (Å²) in [5.74, 6) is 0.0154. The molecule has 5 nitrogen and oxygen atoms in total. The third-order valence-corrected chi connectivity index (χ3v) is 1.77. The number of H-pyrrole nitrogens is 1. The molecule has 0 atom stereocenters. The first kappa shape index (κ1) is 9.73. The normalized spacial score (nSPS) is 10.2. The molecular formula is C8H13N2O3+. The van der Waals surface area contributed by atoms with Crippen LogP contribution in [0.1, 0.15) is 12.2 Å². The lowest BCUT2D eigenvalue weighted by Crippen LogP contribution is -2.37. The van der Waals surface area contributed by atoms with Crippen LogP contribution in [0.15, 0.2) is 12.4 Å². The smallest absolute Gasteiger partial charge is 0.303 e. The third-order valence-electron chi connectivity index (χ3n) is 1.77. The Morgan fingerprint density at radius 2 is 2.38 bits per heavy atom. The van der Waals surface area contributed by atoms with E-state index in [1.165, 1.54) is 0 Å². The molecule has 0 spiro atoms. The largest absolute Gasteiger partial charge is 0.481 e. The van der Waals surface area contributed by atoms with E-state index in [2.05, 4.69) is 4.98 Å². The summed E-state index contributed by atoms with van der Waals surface area (Å²) in [5, 5.41) is 17.1. The summed E-state index contributed by atoms with van der Waals surface area (Å²) < 4.78 is 1.81. The first-order chi connectivity index (χ1) is 6.24. The van der Waals surface area contributed by atoms with Gasteiger partial charge in [-0.2, -0.15) is 0 Å². The Bertz CT molecular complexity index is 283. The van der Waals surface area contributed by atoms with Crippen LogP contribution in [-0.4, -0.2) is 27.8 Å². The number of carboxylic acids is 1. The number of carboxylic acid groups (broad SMARTS) is 1. The molecule has 0 saturated carbocycles. The number of aromatic nitrogens is 2. The monoisotopic (exact) mass is 185 g/mol. The van der Waals surface area contributed by atoms with Crippen molar-refractivity contribution < 1.29 is 19.6 Å². The Morgan fingerprint density at radius 1 is 1.62 bits per heavy atom. The highest BCUT2D eigenvalue weighted by Gasteiger charge is 2.11. The fourth-order valence-electron chi connectivity index (χ4n) is 1.15. The molecule has 1 aromatic heterocycles. The molecule has 5 heteroatoms. The van der Waals surface area contributed by atoms with Gasteiger partial charge in [-0.1, -0.05) is 0 Å². The van der Waals surface area contributed by atoms with Gasteiger partial charge in [0.25, 0.3) is 5.82 Å². The minimum Gasteiger partial charge on any atom is -0.481 e. The zero-order valence-electron chi connectivity index (χ0n) is 7.23. The lowest BCUT2D eigenvalue weighted by molar-refractivity contribution is -0.704. The molecular weight excluding hydrogens is 172 g/mol. The summed E-state index contributed by atoms with van der Waals surface area (Å²) >= 11 is 0. The van der Waals surface area contributed by atoms with Crippen LogP contribution in [0.3, 0.4) is 0 Å². The molecule has 13 heavy (non-hydrogen) atoms. The van der Waals surface area contributed by atoms with E-state index in [0.717, 1.165) is 5.82 Å². The zero-order valence-corrected chi connectivity index (χ0v) is 7.23. The number of carbonyl (C=O) groups is 1. The molecule has 72 valence electrons. The van der Waals surface area contributed by atoms with Gasteiger partial charge >= 0.3 is 5.97 Å². The summed E-state index contributed by atoms with van der Waals surface area (Å²) in [6.45, 7) is 0.557. The molecule has 0 bridgehead atoms. The Balaban J connectivity index is 2.54. The van der Waals surface area contributed by atoms with Crippen molar-refractivity contribution in [3.63, 3.8) is 0 Å². The van der Waals surface area contributed by atoms with E-state index in [1.54, 1.807) is 12.4 Å². The highest BCUT2D eigenvalue weighted by molar-refractivity contribution is 5.66. The number of nitrogens with zero attached hydrogens (tertiary/aromatic N) is 1. The average Bonchev–Trinajstić information content (AvgIpc) is 2.49. The van der Waals surface area contributed by atoms with Gasteiger partial charge in [0, 0.05) is 0 Å². The van der Waals surface area contributed by atoms with Crippen molar-refractivity contribution in [2.45, 2.75) is 19.4 Å². The van der Waals surface area contributed by atoms with Crippen LogP contribution in [0.5, 0.6) is 0 Å². The van der Waals surface area contributed by atoms with Crippen LogP contribution < -0.4 is 4.57 Å². The lowest BCUT2D eigenvalue weighted by atomic mass is 10.3. The van der Waals surface area contributed by atoms with Gasteiger partial charge in [-0.3, -0.25) is 4.79 Å². The fraction of sp³-hybridized carbons (Fsp3) is 0.500. The standard InChI is InChI=1S/C8H12N2O3/c11-6-5-10-4-3-9-7(10)1-2-8(12)13/h3-4,11H,1-2,5-6H2,(H,12,13)/p+1. The molecule has 0 radical (unpaired) electrons. The van der Waals surface area contributed by atoms with Gasteiger partial charge in [-0.15, -0.1) is 0 Å². The van der Waals surface area contributed by atoms with Gasteiger partial charge in [0.05, 0.1) is 19.4 Å². The van der Waals surface area contributed by atoms with E-state index in [1.807, 2.05) is 4.57 Å². The molecule has 1 rings (SSSR count). The van der Waals surface area contributed by atoms with Crippen LogP contribution in [-0.2, 0) is 17.8 Å². The quantitative estimate of drug-likeness (QED) is 0.531. The number of nitrogens with one attached hydrogen (secondary N) is 1. The number of hydrogen-bond donors (Lipinski definition) is 3. The van der Waals surface area contributed by atoms with Crippen molar-refractivity contribution in [1.82, 2.24) is 4.98 Å². The van der Waals surface area contributed by atoms with Crippen LogP contribution in [0.25, 0.3) is 0 Å². The Kier molecular flexibility index (Phi) is 3.45. The van der Waals surface area contributed by atoms with E-state index in [0.29, 0.717) is 13.0 Å². The van der Waals surface area contributed by atoms with Gasteiger partial charge in [-0.25, -0.2) is 9.55 Å². The Labute approximate surface area is 75.6 Å². The fourth-order valence-corrected chi connectivity index (χ4v) is 1.15. The summed E-state index contributed by atoms with van der Waals surface area (Å²) in [6, 6.07) is 0. The Morgan fingerprint density at radius 3 is 3.00 bits per heavy atom. The highest BCUT2D eigenvalue weighted by atomic mass is 16.4. The first-order valence-electron chi connectivity index (χ1n) is 4.12. The predicted molar refractivity (Wildman–Crippen MR) is 44.0 cm³/mol. The zero-order chi connectivity index (χ0) is 9.68. The van der Waals surface area contributed by atoms with Crippen LogP contribution in [0.4, 0.5) is 0 Å². The number of aliphatic carboxylic acids is 1. The maximum atomic E-state index is 10.3. The number of aromatic amines is 1. The number of aryl methyl sites for hydroxylation is 1. The minimum absolute atomic E-state index is 0.0581. The SMILES string of the molecule is O=C(O)CCc1[nH]cc[n+]1CCO. The second kappa shape index (κ2) is 4.61. The number of hydrogen-bond acceptors (Lipinski definition) is 2. The molecule has 0 fully saturated rings. The molecule has 0 aliphatic carbocycles. The predicted octanol–water partition coefficient (Wildman–Crippen LogP) is -0.688. The minimum atomic E-state index is -0.815. The maximum absolute atomic E-state index is 10.3. The number of aliphatic hydroxyl groups is 1. The number of aliphatic hydroxyl groups excluding tert-OH is 1. The van der Waals surface area contributed by atoms with E-state index >= 15 is 0 Å². The van der Waals surface area contributed by atoms with Gasteiger partial charge in [0.1, 0.15) is 18.9 Å². The molecule has 1 heterocycles. The lowest BCUT2D eigenvalue weighted by Gasteiger charge is -1.96. The molecule has 0 unspecified atom stereocenters. The molecule has 0 aromatic carbocycles. The molecule has 0 aliphatic rings. The summed E-state index contributed by atoms with van der Waals surface area (Å²) in [4.78, 5) is 13.2. The molecule has 3 N–H and O–H groups in total.